The third kappa shape index (κ3) is 5.64. The van der Waals surface area contributed by atoms with Crippen molar-refractivity contribution in [1.82, 2.24) is 9.55 Å². The van der Waals surface area contributed by atoms with Gasteiger partial charge in [0.1, 0.15) is 5.75 Å². The highest BCUT2D eigenvalue weighted by atomic mass is 35.5. The van der Waals surface area contributed by atoms with E-state index in [0.29, 0.717) is 28.4 Å². The van der Waals surface area contributed by atoms with Crippen LogP contribution in [0.25, 0.3) is 11.0 Å². The maximum atomic E-state index is 12.3. The number of aryl methyl sites for hydroxylation is 1. The number of imidazole rings is 1. The Kier molecular flexibility index (Phi) is 7.04. The molecule has 0 spiro atoms. The SMILES string of the molecule is CCn1c(SCC(=O)Nc2ccc(OC(F)F)c(Cl)c2)nc2cc(S(N)(=O)=O)ccc21. The van der Waals surface area contributed by atoms with Crippen molar-refractivity contribution in [2.75, 3.05) is 11.1 Å². The number of rotatable bonds is 8. The number of halogens is 3. The molecule has 0 fully saturated rings. The molecule has 0 aliphatic rings. The standard InChI is InChI=1S/C18H17ClF2N4O4S2/c1-2-25-14-5-4-11(31(22,27)28)8-13(14)24-18(25)30-9-16(26)23-10-3-6-15(12(19)7-10)29-17(20)21/h3-8,17H,2,9H2,1H3,(H,23,26)(H2,22,27,28). The van der Waals surface area contributed by atoms with Crippen LogP contribution in [0.15, 0.2) is 46.5 Å². The number of ether oxygens (including phenoxy) is 1. The number of sulfonamides is 1. The van der Waals surface area contributed by atoms with Gasteiger partial charge in [-0.05, 0) is 43.3 Å². The van der Waals surface area contributed by atoms with E-state index in [1.807, 2.05) is 11.5 Å². The summed E-state index contributed by atoms with van der Waals surface area (Å²) < 4.78 is 53.8. The topological polar surface area (TPSA) is 116 Å². The Bertz CT molecular complexity index is 1230. The fraction of sp³-hybridized carbons (Fsp3) is 0.222. The Labute approximate surface area is 185 Å². The molecule has 0 aliphatic heterocycles. The van der Waals surface area contributed by atoms with Crippen LogP contribution in [0, 0.1) is 0 Å². The molecule has 0 atom stereocenters. The number of nitrogens with two attached hydrogens (primary N) is 1. The molecule has 3 rings (SSSR count). The number of aromatic nitrogens is 2. The highest BCUT2D eigenvalue weighted by Crippen LogP contribution is 2.30. The summed E-state index contributed by atoms with van der Waals surface area (Å²) in [7, 11) is -3.86. The van der Waals surface area contributed by atoms with Crippen LogP contribution >= 0.6 is 23.4 Å². The van der Waals surface area contributed by atoms with Gasteiger partial charge in [-0.25, -0.2) is 18.5 Å². The molecule has 1 heterocycles. The maximum Gasteiger partial charge on any atom is 0.387 e. The van der Waals surface area contributed by atoms with E-state index in [9.17, 15) is 22.0 Å². The molecule has 2 aromatic carbocycles. The Morgan fingerprint density at radius 1 is 1.32 bits per heavy atom. The highest BCUT2D eigenvalue weighted by molar-refractivity contribution is 7.99. The summed E-state index contributed by atoms with van der Waals surface area (Å²) >= 11 is 7.04. The fourth-order valence-electron chi connectivity index (χ4n) is 2.78. The zero-order valence-corrected chi connectivity index (χ0v) is 18.4. The number of nitrogens with zero attached hydrogens (tertiary/aromatic N) is 2. The molecule has 0 unspecified atom stereocenters. The van der Waals surface area contributed by atoms with Gasteiger partial charge in [0.05, 0.1) is 26.7 Å². The molecule has 8 nitrogen and oxygen atoms in total. The molecule has 0 radical (unpaired) electrons. The normalized spacial score (nSPS) is 11.8. The van der Waals surface area contributed by atoms with E-state index in [1.54, 1.807) is 6.07 Å². The number of anilines is 1. The van der Waals surface area contributed by atoms with Crippen LogP contribution in [0.4, 0.5) is 14.5 Å². The molecule has 0 saturated carbocycles. The first-order valence-corrected chi connectivity index (χ1v) is 11.7. The van der Waals surface area contributed by atoms with Gasteiger partial charge in [0.2, 0.25) is 15.9 Å². The number of hydrogen-bond donors (Lipinski definition) is 2. The number of carbonyl (C=O) groups is 1. The lowest BCUT2D eigenvalue weighted by atomic mass is 10.3. The molecule has 0 saturated heterocycles. The fourth-order valence-corrected chi connectivity index (χ4v) is 4.41. The van der Waals surface area contributed by atoms with Crippen molar-refractivity contribution in [3.8, 4) is 5.75 Å². The summed E-state index contributed by atoms with van der Waals surface area (Å²) in [6.07, 6.45) is 0. The minimum atomic E-state index is -3.86. The maximum absolute atomic E-state index is 12.3. The van der Waals surface area contributed by atoms with E-state index in [-0.39, 0.29) is 27.3 Å². The summed E-state index contributed by atoms with van der Waals surface area (Å²) in [5, 5.41) is 8.24. The molecule has 13 heteroatoms. The molecule has 0 bridgehead atoms. The van der Waals surface area contributed by atoms with Crippen LogP contribution in [0.3, 0.4) is 0 Å². The van der Waals surface area contributed by atoms with E-state index < -0.39 is 16.6 Å². The van der Waals surface area contributed by atoms with Gasteiger partial charge in [-0.3, -0.25) is 4.79 Å². The molecule has 3 aromatic rings. The summed E-state index contributed by atoms with van der Waals surface area (Å²) in [6.45, 7) is -0.562. The van der Waals surface area contributed by atoms with Crippen molar-refractivity contribution in [3.63, 3.8) is 0 Å². The summed E-state index contributed by atoms with van der Waals surface area (Å²) in [5.74, 6) is -0.568. The molecule has 1 aromatic heterocycles. The highest BCUT2D eigenvalue weighted by Gasteiger charge is 2.16. The van der Waals surface area contributed by atoms with Crippen molar-refractivity contribution in [2.45, 2.75) is 30.1 Å². The van der Waals surface area contributed by atoms with Gasteiger partial charge in [-0.1, -0.05) is 23.4 Å². The average molecular weight is 491 g/mol. The molecule has 31 heavy (non-hydrogen) atoms. The predicted octanol–water partition coefficient (Wildman–Crippen LogP) is 3.69. The number of fused-ring (bicyclic) bond motifs is 1. The van der Waals surface area contributed by atoms with Gasteiger partial charge in [0, 0.05) is 12.2 Å². The second-order valence-electron chi connectivity index (χ2n) is 6.19. The second-order valence-corrected chi connectivity index (χ2v) is 9.11. The van der Waals surface area contributed by atoms with Crippen molar-refractivity contribution in [3.05, 3.63) is 41.4 Å². The van der Waals surface area contributed by atoms with Crippen LogP contribution < -0.4 is 15.2 Å². The van der Waals surface area contributed by atoms with Gasteiger partial charge >= 0.3 is 6.61 Å². The van der Waals surface area contributed by atoms with E-state index in [1.165, 1.54) is 30.3 Å². The van der Waals surface area contributed by atoms with Crippen molar-refractivity contribution < 1.29 is 26.7 Å². The van der Waals surface area contributed by atoms with Crippen molar-refractivity contribution in [2.24, 2.45) is 5.14 Å². The van der Waals surface area contributed by atoms with Crippen molar-refractivity contribution >= 4 is 56.0 Å². The van der Waals surface area contributed by atoms with Gasteiger partial charge in [-0.2, -0.15) is 8.78 Å². The summed E-state index contributed by atoms with van der Waals surface area (Å²) in [4.78, 5) is 16.7. The number of alkyl halides is 2. The molecule has 166 valence electrons. The zero-order chi connectivity index (χ0) is 22.8. The lowest BCUT2D eigenvalue weighted by molar-refractivity contribution is -0.113. The van der Waals surface area contributed by atoms with Crippen LogP contribution in [-0.4, -0.2) is 36.2 Å². The van der Waals surface area contributed by atoms with Crippen LogP contribution in [0.2, 0.25) is 5.02 Å². The Balaban J connectivity index is 1.71. The third-order valence-corrected chi connectivity index (χ3v) is 6.28. The van der Waals surface area contributed by atoms with Crippen LogP contribution in [0.1, 0.15) is 6.92 Å². The molecule has 3 N–H and O–H groups in total. The largest absolute Gasteiger partial charge is 0.433 e. The lowest BCUT2D eigenvalue weighted by Gasteiger charge is -2.10. The quantitative estimate of drug-likeness (QED) is 0.465. The zero-order valence-electron chi connectivity index (χ0n) is 16.0. The number of nitrogens with one attached hydrogen (secondary N) is 1. The first-order chi connectivity index (χ1) is 14.6. The minimum absolute atomic E-state index is 0.00172. The van der Waals surface area contributed by atoms with E-state index >= 15 is 0 Å². The van der Waals surface area contributed by atoms with Gasteiger partial charge in [-0.15, -0.1) is 0 Å². The third-order valence-electron chi connectivity index (χ3n) is 4.09. The molecular weight excluding hydrogens is 474 g/mol. The minimum Gasteiger partial charge on any atom is -0.433 e. The predicted molar refractivity (Wildman–Crippen MR) is 114 cm³/mol. The van der Waals surface area contributed by atoms with Crippen LogP contribution in [-0.2, 0) is 21.4 Å². The Hall–Kier alpha value is -2.41. The Morgan fingerprint density at radius 3 is 2.68 bits per heavy atom. The molecule has 0 aliphatic carbocycles. The van der Waals surface area contributed by atoms with Gasteiger partial charge < -0.3 is 14.6 Å². The van der Waals surface area contributed by atoms with E-state index in [0.717, 1.165) is 11.8 Å². The number of carbonyl (C=O) groups excluding carboxylic acids is 1. The second kappa shape index (κ2) is 9.39. The number of thioether (sulfide) groups is 1. The van der Waals surface area contributed by atoms with Gasteiger partial charge in [0.15, 0.2) is 5.16 Å². The smallest absolute Gasteiger partial charge is 0.387 e. The first kappa shape index (κ1) is 23.3. The summed E-state index contributed by atoms with van der Waals surface area (Å²) in [5.41, 5.74) is 1.47. The average Bonchev–Trinajstić information content (AvgIpc) is 3.04. The monoisotopic (exact) mass is 490 g/mol. The van der Waals surface area contributed by atoms with Crippen molar-refractivity contribution in [1.29, 1.82) is 0 Å². The number of hydrogen-bond acceptors (Lipinski definition) is 6. The van der Waals surface area contributed by atoms with Crippen LogP contribution in [0.5, 0.6) is 5.75 Å². The number of amides is 1. The summed E-state index contributed by atoms with van der Waals surface area (Å²) in [6, 6.07) is 8.32. The molecule has 1 amide bonds. The van der Waals surface area contributed by atoms with E-state index in [2.05, 4.69) is 15.0 Å². The van der Waals surface area contributed by atoms with E-state index in [4.69, 9.17) is 16.7 Å². The Morgan fingerprint density at radius 2 is 2.06 bits per heavy atom. The number of primary sulfonamides is 1. The molecular formula is C18H17ClF2N4O4S2. The number of benzene rings is 2. The van der Waals surface area contributed by atoms with Gasteiger partial charge in [0.25, 0.3) is 0 Å². The first-order valence-electron chi connectivity index (χ1n) is 8.78. The lowest BCUT2D eigenvalue weighted by Crippen LogP contribution is -2.14.